The molecule has 1 aromatic heterocycles. The van der Waals surface area contributed by atoms with Crippen molar-refractivity contribution in [2.75, 3.05) is 25.5 Å². The Bertz CT molecular complexity index is 786. The highest BCUT2D eigenvalue weighted by molar-refractivity contribution is 5.97. The first-order valence-corrected chi connectivity index (χ1v) is 9.97. The minimum atomic E-state index is -0.161. The Hall–Kier alpha value is -2.80. The summed E-state index contributed by atoms with van der Waals surface area (Å²) >= 11 is 0. The van der Waals surface area contributed by atoms with E-state index in [1.54, 1.807) is 12.4 Å². The number of hydrogen-bond donors (Lipinski definition) is 2. The molecular formula is C22H30N4O3. The number of benzene rings is 1. The van der Waals surface area contributed by atoms with Crippen molar-refractivity contribution in [2.24, 2.45) is 0 Å². The predicted octanol–water partition coefficient (Wildman–Crippen LogP) is 3.73. The molecular weight excluding hydrogens is 368 g/mol. The zero-order valence-electron chi connectivity index (χ0n) is 17.5. The van der Waals surface area contributed by atoms with E-state index in [1.807, 2.05) is 32.0 Å². The van der Waals surface area contributed by atoms with E-state index >= 15 is 0 Å². The third kappa shape index (κ3) is 7.62. The van der Waals surface area contributed by atoms with Gasteiger partial charge in [-0.25, -0.2) is 9.97 Å². The molecule has 0 aliphatic rings. The van der Waals surface area contributed by atoms with Crippen molar-refractivity contribution in [1.82, 2.24) is 15.3 Å². The number of aryl methyl sites for hydroxylation is 2. The van der Waals surface area contributed by atoms with Crippen molar-refractivity contribution in [1.29, 1.82) is 0 Å². The molecule has 0 saturated heterocycles. The maximum atomic E-state index is 12.3. The lowest BCUT2D eigenvalue weighted by atomic mass is 10.1. The van der Waals surface area contributed by atoms with Gasteiger partial charge in [-0.2, -0.15) is 0 Å². The zero-order chi connectivity index (χ0) is 21.1. The molecule has 0 spiro atoms. The van der Waals surface area contributed by atoms with Crippen molar-refractivity contribution < 1.29 is 14.3 Å². The van der Waals surface area contributed by atoms with Gasteiger partial charge >= 0.3 is 5.97 Å². The Labute approximate surface area is 172 Å². The largest absolute Gasteiger partial charge is 0.469 e. The SMILES string of the molecule is COC(=O)CCCCCCNCC(=O)c1cnc(Nc2c(C)cccc2C)nc1. The summed E-state index contributed by atoms with van der Waals surface area (Å²) in [6, 6.07) is 6.06. The van der Waals surface area contributed by atoms with Crippen LogP contribution < -0.4 is 10.6 Å². The average molecular weight is 399 g/mol. The summed E-state index contributed by atoms with van der Waals surface area (Å²) in [7, 11) is 1.41. The van der Waals surface area contributed by atoms with Crippen LogP contribution in [0.1, 0.15) is 53.6 Å². The van der Waals surface area contributed by atoms with Crippen molar-refractivity contribution in [3.63, 3.8) is 0 Å². The number of ketones is 1. The van der Waals surface area contributed by atoms with Crippen LogP contribution in [0.15, 0.2) is 30.6 Å². The summed E-state index contributed by atoms with van der Waals surface area (Å²) in [5, 5.41) is 6.37. The first-order valence-electron chi connectivity index (χ1n) is 9.97. The van der Waals surface area contributed by atoms with Crippen LogP contribution in [0.25, 0.3) is 0 Å². The lowest BCUT2D eigenvalue weighted by molar-refractivity contribution is -0.140. The lowest BCUT2D eigenvalue weighted by Crippen LogP contribution is -2.24. The number of methoxy groups -OCH3 is 1. The fourth-order valence-corrected chi connectivity index (χ4v) is 2.94. The van der Waals surface area contributed by atoms with E-state index in [0.29, 0.717) is 17.9 Å². The number of nitrogens with zero attached hydrogens (tertiary/aromatic N) is 2. The summed E-state index contributed by atoms with van der Waals surface area (Å²) < 4.78 is 4.61. The molecule has 0 saturated carbocycles. The molecule has 0 fully saturated rings. The van der Waals surface area contributed by atoms with Gasteiger partial charge < -0.3 is 15.4 Å². The molecule has 0 aliphatic carbocycles. The van der Waals surface area contributed by atoms with Crippen LogP contribution in [0.4, 0.5) is 11.6 Å². The standard InChI is InChI=1S/C22H30N4O3/c1-16-9-8-10-17(2)21(16)26-22-24-13-18(14-25-22)19(27)15-23-12-7-5-4-6-11-20(28)29-3/h8-10,13-14,23H,4-7,11-12,15H2,1-3H3,(H,24,25,26). The molecule has 0 bridgehead atoms. The Morgan fingerprint density at radius 3 is 2.31 bits per heavy atom. The molecule has 0 unspecified atom stereocenters. The van der Waals surface area contributed by atoms with Gasteiger partial charge in [-0.3, -0.25) is 9.59 Å². The van der Waals surface area contributed by atoms with Crippen LogP contribution in [0.5, 0.6) is 0 Å². The highest BCUT2D eigenvalue weighted by atomic mass is 16.5. The topological polar surface area (TPSA) is 93.2 Å². The number of ether oxygens (including phenoxy) is 1. The smallest absolute Gasteiger partial charge is 0.305 e. The Morgan fingerprint density at radius 1 is 1.00 bits per heavy atom. The molecule has 0 radical (unpaired) electrons. The Balaban J connectivity index is 1.69. The minimum Gasteiger partial charge on any atom is -0.469 e. The normalized spacial score (nSPS) is 10.6. The number of hydrogen-bond acceptors (Lipinski definition) is 7. The van der Waals surface area contributed by atoms with E-state index in [4.69, 9.17) is 0 Å². The van der Waals surface area contributed by atoms with Crippen molar-refractivity contribution in [2.45, 2.75) is 46.0 Å². The summed E-state index contributed by atoms with van der Waals surface area (Å²) in [5.74, 6) is 0.277. The van der Waals surface area contributed by atoms with E-state index in [0.717, 1.165) is 49.0 Å². The number of carbonyl (C=O) groups excluding carboxylic acids is 2. The van der Waals surface area contributed by atoms with E-state index in [-0.39, 0.29) is 18.3 Å². The van der Waals surface area contributed by atoms with E-state index < -0.39 is 0 Å². The van der Waals surface area contributed by atoms with Crippen molar-refractivity contribution in [3.8, 4) is 0 Å². The number of unbranched alkanes of at least 4 members (excludes halogenated alkanes) is 3. The minimum absolute atomic E-state index is 0.0330. The number of rotatable bonds is 12. The number of aromatic nitrogens is 2. The van der Waals surface area contributed by atoms with Crippen LogP contribution in [-0.4, -0.2) is 41.9 Å². The van der Waals surface area contributed by atoms with Gasteiger partial charge in [0.05, 0.1) is 19.2 Å². The molecule has 2 aromatic rings. The third-order valence-electron chi connectivity index (χ3n) is 4.69. The van der Waals surface area contributed by atoms with E-state index in [1.165, 1.54) is 7.11 Å². The molecule has 0 amide bonds. The van der Waals surface area contributed by atoms with Gasteiger partial charge in [-0.15, -0.1) is 0 Å². The highest BCUT2D eigenvalue weighted by Gasteiger charge is 2.09. The van der Waals surface area contributed by atoms with Gasteiger partial charge in [0.1, 0.15) is 0 Å². The molecule has 156 valence electrons. The van der Waals surface area contributed by atoms with Crippen LogP contribution in [0.3, 0.4) is 0 Å². The summed E-state index contributed by atoms with van der Waals surface area (Å²) in [4.78, 5) is 31.8. The van der Waals surface area contributed by atoms with Crippen LogP contribution in [0.2, 0.25) is 0 Å². The first-order chi connectivity index (χ1) is 14.0. The van der Waals surface area contributed by atoms with Gasteiger partial charge in [0.25, 0.3) is 0 Å². The maximum Gasteiger partial charge on any atom is 0.305 e. The van der Waals surface area contributed by atoms with E-state index in [2.05, 4.69) is 25.3 Å². The lowest BCUT2D eigenvalue weighted by Gasteiger charge is -2.11. The number of anilines is 2. The number of Topliss-reactive ketones (excluding diaryl/α,β-unsaturated/α-hetero) is 1. The molecule has 2 rings (SSSR count). The average Bonchev–Trinajstić information content (AvgIpc) is 2.72. The number of esters is 1. The van der Waals surface area contributed by atoms with Gasteiger partial charge in [-0.1, -0.05) is 31.0 Å². The molecule has 1 heterocycles. The van der Waals surface area contributed by atoms with Gasteiger partial charge in [0.2, 0.25) is 5.95 Å². The van der Waals surface area contributed by atoms with Crippen molar-refractivity contribution >= 4 is 23.4 Å². The predicted molar refractivity (Wildman–Crippen MR) is 114 cm³/mol. The summed E-state index contributed by atoms with van der Waals surface area (Å²) in [5.41, 5.74) is 3.70. The molecule has 1 aromatic carbocycles. The number of carbonyl (C=O) groups is 2. The second kappa shape index (κ2) is 11.9. The summed E-state index contributed by atoms with van der Waals surface area (Å²) in [6.45, 7) is 5.07. The third-order valence-corrected chi connectivity index (χ3v) is 4.69. The second-order valence-electron chi connectivity index (χ2n) is 7.03. The first kappa shape index (κ1) is 22.5. The van der Waals surface area contributed by atoms with E-state index in [9.17, 15) is 9.59 Å². The second-order valence-corrected chi connectivity index (χ2v) is 7.03. The summed E-state index contributed by atoms with van der Waals surface area (Å²) in [6.07, 6.45) is 7.37. The fourth-order valence-electron chi connectivity index (χ4n) is 2.94. The van der Waals surface area contributed by atoms with Crippen LogP contribution in [0, 0.1) is 13.8 Å². The number of para-hydroxylation sites is 1. The Morgan fingerprint density at radius 2 is 1.66 bits per heavy atom. The molecule has 0 aliphatic heterocycles. The maximum absolute atomic E-state index is 12.3. The zero-order valence-corrected chi connectivity index (χ0v) is 17.5. The Kier molecular flexibility index (Phi) is 9.24. The quantitative estimate of drug-likeness (QED) is 0.320. The van der Waals surface area contributed by atoms with Gasteiger partial charge in [0, 0.05) is 24.5 Å². The van der Waals surface area contributed by atoms with Crippen LogP contribution >= 0.6 is 0 Å². The highest BCUT2D eigenvalue weighted by Crippen LogP contribution is 2.22. The molecule has 7 nitrogen and oxygen atoms in total. The molecule has 2 N–H and O–H groups in total. The van der Waals surface area contributed by atoms with Crippen molar-refractivity contribution in [3.05, 3.63) is 47.3 Å². The molecule has 29 heavy (non-hydrogen) atoms. The van der Waals surface area contributed by atoms with Crippen LogP contribution in [-0.2, 0) is 9.53 Å². The van der Waals surface area contributed by atoms with Gasteiger partial charge in [0.15, 0.2) is 5.78 Å². The molecule has 0 atom stereocenters. The monoisotopic (exact) mass is 398 g/mol. The number of nitrogens with one attached hydrogen (secondary N) is 2. The fraction of sp³-hybridized carbons (Fsp3) is 0.455. The van der Waals surface area contributed by atoms with Gasteiger partial charge in [-0.05, 0) is 44.4 Å². The molecule has 7 heteroatoms.